The monoisotopic (exact) mass is 259 g/mol. The summed E-state index contributed by atoms with van der Waals surface area (Å²) < 4.78 is 37.2. The predicted octanol–water partition coefficient (Wildman–Crippen LogP) is 2.56. The number of aromatic hydroxyl groups is 1. The van der Waals surface area contributed by atoms with Crippen LogP contribution >= 0.6 is 0 Å². The van der Waals surface area contributed by atoms with E-state index in [-0.39, 0.29) is 17.4 Å². The van der Waals surface area contributed by atoms with Gasteiger partial charge in [0.05, 0.1) is 5.56 Å². The van der Waals surface area contributed by atoms with E-state index >= 15 is 0 Å². The molecule has 0 heterocycles. The molecule has 1 amide bonds. The number of hydrogen-bond acceptors (Lipinski definition) is 2. The third-order valence-electron chi connectivity index (χ3n) is 2.73. The number of benzene rings is 1. The predicted molar refractivity (Wildman–Crippen MR) is 58.2 cm³/mol. The molecule has 1 saturated carbocycles. The maximum atomic E-state index is 12.4. The Hall–Kier alpha value is -1.72. The Morgan fingerprint density at radius 1 is 1.33 bits per heavy atom. The summed E-state index contributed by atoms with van der Waals surface area (Å²) in [6.07, 6.45) is -3.27. The summed E-state index contributed by atoms with van der Waals surface area (Å²) in [6.45, 7) is -1.27. The number of phenols is 1. The van der Waals surface area contributed by atoms with Crippen LogP contribution in [0.3, 0.4) is 0 Å². The van der Waals surface area contributed by atoms with E-state index in [4.69, 9.17) is 0 Å². The highest BCUT2D eigenvalue weighted by Gasteiger charge is 2.41. The molecule has 1 aromatic rings. The lowest BCUT2D eigenvalue weighted by molar-refractivity contribution is -0.141. The van der Waals surface area contributed by atoms with Gasteiger partial charge in [0, 0.05) is 6.04 Å². The van der Waals surface area contributed by atoms with Gasteiger partial charge in [-0.25, -0.2) is 0 Å². The Bertz CT molecular complexity index is 455. The van der Waals surface area contributed by atoms with E-state index in [9.17, 15) is 23.1 Å². The van der Waals surface area contributed by atoms with Crippen LogP contribution in [0.1, 0.15) is 23.2 Å². The summed E-state index contributed by atoms with van der Waals surface area (Å²) in [5.74, 6) is -1.07. The molecule has 0 aliphatic heterocycles. The first-order chi connectivity index (χ1) is 8.38. The van der Waals surface area contributed by atoms with Crippen molar-refractivity contribution >= 4 is 5.91 Å². The molecule has 0 saturated heterocycles. The van der Waals surface area contributed by atoms with E-state index in [0.29, 0.717) is 12.8 Å². The van der Waals surface area contributed by atoms with Gasteiger partial charge in [-0.1, -0.05) is 12.1 Å². The molecule has 1 fully saturated rings. The first-order valence-corrected chi connectivity index (χ1v) is 5.54. The van der Waals surface area contributed by atoms with Gasteiger partial charge in [-0.15, -0.1) is 0 Å². The molecule has 3 nitrogen and oxygen atoms in total. The van der Waals surface area contributed by atoms with Crippen LogP contribution in [0.4, 0.5) is 13.2 Å². The zero-order chi connectivity index (χ0) is 13.3. The fraction of sp³-hybridized carbons (Fsp3) is 0.417. The van der Waals surface area contributed by atoms with E-state index in [1.165, 1.54) is 24.3 Å². The average Bonchev–Trinajstić information content (AvgIpc) is 3.08. The Kier molecular flexibility index (Phi) is 3.19. The number of para-hydroxylation sites is 1. The largest absolute Gasteiger partial charge is 0.507 e. The fourth-order valence-corrected chi connectivity index (χ4v) is 1.76. The summed E-state index contributed by atoms with van der Waals surface area (Å²) in [5, 5.41) is 9.50. The van der Waals surface area contributed by atoms with Crippen molar-refractivity contribution in [2.45, 2.75) is 25.1 Å². The van der Waals surface area contributed by atoms with Crippen molar-refractivity contribution in [3.63, 3.8) is 0 Å². The van der Waals surface area contributed by atoms with Crippen LogP contribution in [0, 0.1) is 0 Å². The summed E-state index contributed by atoms with van der Waals surface area (Å²) in [5.41, 5.74) is -0.0892. The van der Waals surface area contributed by atoms with Crippen LogP contribution in [0.5, 0.6) is 5.75 Å². The van der Waals surface area contributed by atoms with Crippen molar-refractivity contribution in [2.75, 3.05) is 6.54 Å². The molecule has 6 heteroatoms. The smallest absolute Gasteiger partial charge is 0.406 e. The second-order valence-corrected chi connectivity index (χ2v) is 4.30. The Morgan fingerprint density at radius 2 is 1.94 bits per heavy atom. The van der Waals surface area contributed by atoms with Crippen molar-refractivity contribution in [1.29, 1.82) is 0 Å². The van der Waals surface area contributed by atoms with Crippen molar-refractivity contribution < 1.29 is 23.1 Å². The third kappa shape index (κ3) is 2.94. The summed E-state index contributed by atoms with van der Waals surface area (Å²) in [7, 11) is 0. The topological polar surface area (TPSA) is 40.5 Å². The number of carbonyl (C=O) groups is 1. The van der Waals surface area contributed by atoms with Gasteiger partial charge in [0.2, 0.25) is 0 Å². The minimum Gasteiger partial charge on any atom is -0.507 e. The number of carbonyl (C=O) groups excluding carboxylic acids is 1. The lowest BCUT2D eigenvalue weighted by Crippen LogP contribution is -2.40. The third-order valence-corrected chi connectivity index (χ3v) is 2.73. The minimum absolute atomic E-state index is 0.0892. The van der Waals surface area contributed by atoms with Crippen LogP contribution < -0.4 is 0 Å². The molecule has 0 spiro atoms. The molecule has 1 aliphatic rings. The van der Waals surface area contributed by atoms with E-state index in [1.54, 1.807) is 0 Å². The van der Waals surface area contributed by atoms with Gasteiger partial charge >= 0.3 is 6.18 Å². The van der Waals surface area contributed by atoms with E-state index in [1.807, 2.05) is 0 Å². The average molecular weight is 259 g/mol. The van der Waals surface area contributed by atoms with Crippen LogP contribution in [-0.2, 0) is 0 Å². The van der Waals surface area contributed by atoms with Gasteiger partial charge in [0.1, 0.15) is 12.3 Å². The highest BCUT2D eigenvalue weighted by Crippen LogP contribution is 2.32. The summed E-state index contributed by atoms with van der Waals surface area (Å²) in [4.78, 5) is 12.8. The zero-order valence-electron chi connectivity index (χ0n) is 9.44. The van der Waals surface area contributed by atoms with Crippen molar-refractivity contribution in [2.24, 2.45) is 0 Å². The highest BCUT2D eigenvalue weighted by atomic mass is 19.4. The molecule has 0 unspecified atom stereocenters. The first kappa shape index (κ1) is 12.7. The molecule has 1 aromatic carbocycles. The Labute approximate surface area is 102 Å². The van der Waals surface area contributed by atoms with Gasteiger partial charge in [-0.3, -0.25) is 4.79 Å². The maximum absolute atomic E-state index is 12.4. The summed E-state index contributed by atoms with van der Waals surface area (Å²) >= 11 is 0. The van der Waals surface area contributed by atoms with Gasteiger partial charge in [0.15, 0.2) is 0 Å². The molecule has 1 N–H and O–H groups in total. The molecule has 0 bridgehead atoms. The molecule has 98 valence electrons. The Morgan fingerprint density at radius 3 is 2.44 bits per heavy atom. The Balaban J connectivity index is 2.21. The molecule has 0 radical (unpaired) electrons. The van der Waals surface area contributed by atoms with Gasteiger partial charge < -0.3 is 10.0 Å². The van der Waals surface area contributed by atoms with Gasteiger partial charge in [0.25, 0.3) is 5.91 Å². The molecule has 1 aliphatic carbocycles. The zero-order valence-corrected chi connectivity index (χ0v) is 9.44. The number of rotatable bonds is 3. The molecule has 2 rings (SSSR count). The molecule has 18 heavy (non-hydrogen) atoms. The number of amides is 1. The number of halogens is 3. The lowest BCUT2D eigenvalue weighted by atomic mass is 10.1. The van der Waals surface area contributed by atoms with Crippen LogP contribution in [0.15, 0.2) is 24.3 Å². The van der Waals surface area contributed by atoms with E-state index < -0.39 is 18.6 Å². The van der Waals surface area contributed by atoms with Crippen LogP contribution in [0.25, 0.3) is 0 Å². The SMILES string of the molecule is O=C(c1ccccc1O)N(CC(F)(F)F)C1CC1. The fourth-order valence-electron chi connectivity index (χ4n) is 1.76. The van der Waals surface area contributed by atoms with Crippen molar-refractivity contribution in [3.8, 4) is 5.75 Å². The van der Waals surface area contributed by atoms with Crippen LogP contribution in [0.2, 0.25) is 0 Å². The first-order valence-electron chi connectivity index (χ1n) is 5.54. The van der Waals surface area contributed by atoms with Gasteiger partial charge in [-0.05, 0) is 25.0 Å². The van der Waals surface area contributed by atoms with Crippen molar-refractivity contribution in [1.82, 2.24) is 4.90 Å². The number of hydrogen-bond donors (Lipinski definition) is 1. The number of nitrogens with zero attached hydrogens (tertiary/aromatic N) is 1. The number of phenolic OH excluding ortho intramolecular Hbond substituents is 1. The standard InChI is InChI=1S/C12H12F3NO2/c13-12(14,15)7-16(8-5-6-8)11(18)9-3-1-2-4-10(9)17/h1-4,8,17H,5-7H2. The van der Waals surface area contributed by atoms with Crippen molar-refractivity contribution in [3.05, 3.63) is 29.8 Å². The van der Waals surface area contributed by atoms with Gasteiger partial charge in [-0.2, -0.15) is 13.2 Å². The molecular weight excluding hydrogens is 247 g/mol. The van der Waals surface area contributed by atoms with E-state index in [2.05, 4.69) is 0 Å². The lowest BCUT2D eigenvalue weighted by Gasteiger charge is -2.24. The minimum atomic E-state index is -4.43. The maximum Gasteiger partial charge on any atom is 0.406 e. The second-order valence-electron chi connectivity index (χ2n) is 4.30. The summed E-state index contributed by atoms with van der Waals surface area (Å²) in [6, 6.07) is 5.26. The highest BCUT2D eigenvalue weighted by molar-refractivity contribution is 5.97. The molecular formula is C12H12F3NO2. The number of alkyl halides is 3. The van der Waals surface area contributed by atoms with E-state index in [0.717, 1.165) is 4.90 Å². The molecule has 0 atom stereocenters. The van der Waals surface area contributed by atoms with Crippen LogP contribution in [-0.4, -0.2) is 34.7 Å². The normalized spacial score (nSPS) is 15.5. The quantitative estimate of drug-likeness (QED) is 0.906. The second kappa shape index (κ2) is 4.51. The molecule has 0 aromatic heterocycles.